The van der Waals surface area contributed by atoms with Gasteiger partial charge in [0.25, 0.3) is 5.91 Å². The molecule has 1 fully saturated rings. The Morgan fingerprint density at radius 2 is 2.60 bits per heavy atom. The molecule has 0 saturated carbocycles. The van der Waals surface area contributed by atoms with Crippen molar-refractivity contribution in [2.75, 3.05) is 18.1 Å². The van der Waals surface area contributed by atoms with E-state index in [-0.39, 0.29) is 11.9 Å². The molecule has 0 spiro atoms. The zero-order valence-corrected chi connectivity index (χ0v) is 6.28. The van der Waals surface area contributed by atoms with Crippen LogP contribution in [-0.2, 0) is 4.79 Å². The molecule has 1 rings (SSSR count). The monoisotopic (exact) mass is 162 g/mol. The van der Waals surface area contributed by atoms with Crippen LogP contribution in [0.1, 0.15) is 0 Å². The van der Waals surface area contributed by atoms with Gasteiger partial charge in [0.1, 0.15) is 0 Å². The van der Waals surface area contributed by atoms with Crippen LogP contribution in [0, 0.1) is 0 Å². The summed E-state index contributed by atoms with van der Waals surface area (Å²) in [5.41, 5.74) is 1.62. The first-order valence-electron chi connectivity index (χ1n) is 3.09. The van der Waals surface area contributed by atoms with Crippen LogP contribution >= 0.6 is 11.8 Å². The summed E-state index contributed by atoms with van der Waals surface area (Å²) in [6, 6.07) is -0.219. The van der Waals surface area contributed by atoms with E-state index in [1.165, 1.54) is 0 Å². The van der Waals surface area contributed by atoms with E-state index in [2.05, 4.69) is 5.32 Å². The van der Waals surface area contributed by atoms with E-state index in [4.69, 9.17) is 5.21 Å². The van der Waals surface area contributed by atoms with E-state index in [0.29, 0.717) is 0 Å². The third-order valence-electron chi connectivity index (χ3n) is 1.35. The highest BCUT2D eigenvalue weighted by Crippen LogP contribution is 2.06. The second-order valence-electron chi connectivity index (χ2n) is 2.06. The molecule has 0 aliphatic carbocycles. The fraction of sp³-hybridized carbons (Fsp3) is 0.800. The van der Waals surface area contributed by atoms with Crippen molar-refractivity contribution in [2.24, 2.45) is 0 Å². The van der Waals surface area contributed by atoms with Gasteiger partial charge in [-0.25, -0.2) is 5.48 Å². The molecule has 1 unspecified atom stereocenters. The number of hydrogen-bond donors (Lipinski definition) is 3. The third kappa shape index (κ3) is 1.86. The molecule has 0 aromatic carbocycles. The lowest BCUT2D eigenvalue weighted by atomic mass is 10.3. The SMILES string of the molecule is O=C(NO)C1CSCCN1. The molecule has 5 heteroatoms. The minimum atomic E-state index is -0.341. The number of hydrogen-bond acceptors (Lipinski definition) is 4. The van der Waals surface area contributed by atoms with E-state index < -0.39 is 0 Å². The summed E-state index contributed by atoms with van der Waals surface area (Å²) in [5.74, 6) is 1.44. The van der Waals surface area contributed by atoms with Crippen LogP contribution in [0.15, 0.2) is 0 Å². The standard InChI is InChI=1S/C5H10N2O2S/c8-5(7-9)4-3-10-2-1-6-4/h4,6,9H,1-3H2,(H,7,8). The van der Waals surface area contributed by atoms with Crippen LogP contribution in [0.25, 0.3) is 0 Å². The van der Waals surface area contributed by atoms with Crippen molar-refractivity contribution in [3.63, 3.8) is 0 Å². The molecule has 3 N–H and O–H groups in total. The summed E-state index contributed by atoms with van der Waals surface area (Å²) in [6.07, 6.45) is 0. The Bertz CT molecular complexity index is 125. The molecule has 58 valence electrons. The van der Waals surface area contributed by atoms with Crippen molar-refractivity contribution in [1.29, 1.82) is 0 Å². The Balaban J connectivity index is 2.31. The minimum Gasteiger partial charge on any atom is -0.304 e. The lowest BCUT2D eigenvalue weighted by Gasteiger charge is -2.20. The minimum absolute atomic E-state index is 0.219. The molecule has 4 nitrogen and oxygen atoms in total. The van der Waals surface area contributed by atoms with Gasteiger partial charge in [-0.3, -0.25) is 10.0 Å². The highest BCUT2D eigenvalue weighted by Gasteiger charge is 2.19. The summed E-state index contributed by atoms with van der Waals surface area (Å²) in [4.78, 5) is 10.7. The smallest absolute Gasteiger partial charge is 0.261 e. The fourth-order valence-electron chi connectivity index (χ4n) is 0.812. The number of nitrogens with one attached hydrogen (secondary N) is 2. The molecule has 1 saturated heterocycles. The quantitative estimate of drug-likeness (QED) is 0.349. The van der Waals surface area contributed by atoms with Gasteiger partial charge in [-0.15, -0.1) is 0 Å². The Hall–Kier alpha value is -0.260. The van der Waals surface area contributed by atoms with Crippen LogP contribution in [-0.4, -0.2) is 35.2 Å². The van der Waals surface area contributed by atoms with Gasteiger partial charge in [0, 0.05) is 18.1 Å². The van der Waals surface area contributed by atoms with Crippen molar-refractivity contribution < 1.29 is 10.0 Å². The molecule has 1 amide bonds. The molecule has 0 radical (unpaired) electrons. The topological polar surface area (TPSA) is 61.4 Å². The number of rotatable bonds is 1. The summed E-state index contributed by atoms with van der Waals surface area (Å²) in [7, 11) is 0. The lowest BCUT2D eigenvalue weighted by molar-refractivity contribution is -0.130. The summed E-state index contributed by atoms with van der Waals surface area (Å²) < 4.78 is 0. The van der Waals surface area contributed by atoms with Crippen molar-refractivity contribution in [3.05, 3.63) is 0 Å². The van der Waals surface area contributed by atoms with Gasteiger partial charge in [-0.2, -0.15) is 11.8 Å². The summed E-state index contributed by atoms with van der Waals surface area (Å²) >= 11 is 1.71. The van der Waals surface area contributed by atoms with E-state index in [1.807, 2.05) is 0 Å². The maximum Gasteiger partial charge on any atom is 0.261 e. The maximum absolute atomic E-state index is 10.7. The fourth-order valence-corrected chi connectivity index (χ4v) is 1.75. The number of thioether (sulfide) groups is 1. The zero-order chi connectivity index (χ0) is 7.40. The first-order chi connectivity index (χ1) is 4.84. The predicted molar refractivity (Wildman–Crippen MR) is 39.0 cm³/mol. The molecule has 1 atom stereocenters. The van der Waals surface area contributed by atoms with Gasteiger partial charge in [-0.1, -0.05) is 0 Å². The Labute approximate surface area is 63.3 Å². The molecule has 0 aromatic heterocycles. The van der Waals surface area contributed by atoms with Gasteiger partial charge in [0.2, 0.25) is 0 Å². The average molecular weight is 162 g/mol. The lowest BCUT2D eigenvalue weighted by Crippen LogP contribution is -2.48. The van der Waals surface area contributed by atoms with Crippen LogP contribution in [0.5, 0.6) is 0 Å². The van der Waals surface area contributed by atoms with Gasteiger partial charge in [0.15, 0.2) is 0 Å². The molecule has 1 aliphatic rings. The van der Waals surface area contributed by atoms with E-state index in [0.717, 1.165) is 18.1 Å². The molecule has 0 bridgehead atoms. The maximum atomic E-state index is 10.7. The van der Waals surface area contributed by atoms with Gasteiger partial charge >= 0.3 is 0 Å². The first kappa shape index (κ1) is 7.84. The van der Waals surface area contributed by atoms with Crippen LogP contribution in [0.3, 0.4) is 0 Å². The number of amides is 1. The summed E-state index contributed by atoms with van der Waals surface area (Å²) in [5, 5.41) is 11.2. The highest BCUT2D eigenvalue weighted by molar-refractivity contribution is 7.99. The molecule has 0 aromatic rings. The third-order valence-corrected chi connectivity index (χ3v) is 2.41. The largest absolute Gasteiger partial charge is 0.304 e. The van der Waals surface area contributed by atoms with E-state index >= 15 is 0 Å². The zero-order valence-electron chi connectivity index (χ0n) is 5.46. The van der Waals surface area contributed by atoms with Crippen molar-refractivity contribution >= 4 is 17.7 Å². The Morgan fingerprint density at radius 3 is 3.10 bits per heavy atom. The molecular formula is C5H10N2O2S. The number of hydroxylamine groups is 1. The van der Waals surface area contributed by atoms with Gasteiger partial charge in [0.05, 0.1) is 6.04 Å². The number of carbonyl (C=O) groups excluding carboxylic acids is 1. The molecule has 1 heterocycles. The van der Waals surface area contributed by atoms with E-state index in [9.17, 15) is 4.79 Å². The average Bonchev–Trinajstić information content (AvgIpc) is 2.05. The van der Waals surface area contributed by atoms with Crippen LogP contribution in [0.2, 0.25) is 0 Å². The van der Waals surface area contributed by atoms with Crippen LogP contribution < -0.4 is 10.8 Å². The van der Waals surface area contributed by atoms with Crippen molar-refractivity contribution in [3.8, 4) is 0 Å². The van der Waals surface area contributed by atoms with Gasteiger partial charge in [-0.05, 0) is 0 Å². The van der Waals surface area contributed by atoms with Gasteiger partial charge < -0.3 is 5.32 Å². The normalized spacial score (nSPS) is 25.9. The first-order valence-corrected chi connectivity index (χ1v) is 4.25. The Morgan fingerprint density at radius 1 is 1.80 bits per heavy atom. The molecule has 10 heavy (non-hydrogen) atoms. The summed E-state index contributed by atoms with van der Waals surface area (Å²) in [6.45, 7) is 0.836. The Kier molecular flexibility index (Phi) is 2.98. The second kappa shape index (κ2) is 3.80. The van der Waals surface area contributed by atoms with Crippen molar-refractivity contribution in [2.45, 2.75) is 6.04 Å². The second-order valence-corrected chi connectivity index (χ2v) is 3.21. The highest BCUT2D eigenvalue weighted by atomic mass is 32.2. The number of carbonyl (C=O) groups is 1. The van der Waals surface area contributed by atoms with Crippen molar-refractivity contribution in [1.82, 2.24) is 10.8 Å². The predicted octanol–water partition coefficient (Wildman–Crippen LogP) is -0.803. The molecular weight excluding hydrogens is 152 g/mol. The van der Waals surface area contributed by atoms with E-state index in [1.54, 1.807) is 17.2 Å². The molecule has 1 aliphatic heterocycles. The van der Waals surface area contributed by atoms with Crippen LogP contribution in [0.4, 0.5) is 0 Å².